The Hall–Kier alpha value is -2.50. The molecule has 1 aliphatic carbocycles. The normalized spacial score (nSPS) is 20.5. The Morgan fingerprint density at radius 3 is 2.90 bits per heavy atom. The molecule has 108 valence electrons. The van der Waals surface area contributed by atoms with E-state index in [1.807, 2.05) is 0 Å². The topological polar surface area (TPSA) is 95.0 Å². The van der Waals surface area contributed by atoms with E-state index in [9.17, 15) is 14.4 Å². The number of Topliss-reactive ketones (excluding diaryl/α,β-unsaturated/α-hetero) is 2. The van der Waals surface area contributed by atoms with Crippen molar-refractivity contribution in [3.8, 4) is 0 Å². The Bertz CT molecular complexity index is 921. The fraction of sp³-hybridized carbons (Fsp3) is 0.333. The molecule has 21 heavy (non-hydrogen) atoms. The van der Waals surface area contributed by atoms with Crippen molar-refractivity contribution < 1.29 is 12.3 Å². The molecule has 6 heteroatoms. The van der Waals surface area contributed by atoms with Crippen LogP contribution in [0.5, 0.6) is 0 Å². The van der Waals surface area contributed by atoms with Crippen LogP contribution < -0.4 is 11.3 Å². The Morgan fingerprint density at radius 2 is 2.19 bits per heavy atom. The molecule has 2 aromatic rings. The quantitative estimate of drug-likeness (QED) is 0.627. The summed E-state index contributed by atoms with van der Waals surface area (Å²) < 4.78 is 16.8. The predicted molar refractivity (Wildman–Crippen MR) is 78.1 cm³/mol. The van der Waals surface area contributed by atoms with Gasteiger partial charge in [0.15, 0.2) is 5.78 Å². The van der Waals surface area contributed by atoms with Crippen LogP contribution in [-0.2, 0) is 9.59 Å². The van der Waals surface area contributed by atoms with Crippen molar-refractivity contribution in [1.29, 1.82) is 0 Å². The van der Waals surface area contributed by atoms with Crippen molar-refractivity contribution in [1.82, 2.24) is 9.55 Å². The summed E-state index contributed by atoms with van der Waals surface area (Å²) >= 11 is 0. The van der Waals surface area contributed by atoms with Crippen LogP contribution in [0, 0.1) is 6.92 Å². The van der Waals surface area contributed by atoms with Crippen LogP contribution in [0.4, 0.5) is 5.69 Å². The molecule has 0 spiro atoms. The van der Waals surface area contributed by atoms with Crippen LogP contribution in [0.2, 0.25) is 0 Å². The molecule has 1 aromatic heterocycles. The van der Waals surface area contributed by atoms with Crippen LogP contribution in [0.15, 0.2) is 22.9 Å². The molecule has 0 bridgehead atoms. The molecular formula is C15H15N3O3. The van der Waals surface area contributed by atoms with Crippen molar-refractivity contribution in [3.63, 3.8) is 0 Å². The number of hydrogen-bond acceptors (Lipinski definition) is 5. The predicted octanol–water partition coefficient (Wildman–Crippen LogP) is 1.15. The van der Waals surface area contributed by atoms with Crippen LogP contribution in [0.1, 0.15) is 33.9 Å². The zero-order valence-electron chi connectivity index (χ0n) is 13.5. The molecule has 1 saturated carbocycles. The molecule has 1 fully saturated rings. The van der Waals surface area contributed by atoms with Crippen molar-refractivity contribution in [2.24, 2.45) is 0 Å². The van der Waals surface area contributed by atoms with E-state index in [0.29, 0.717) is 0 Å². The number of fused-ring (bicyclic) bond motifs is 1. The van der Waals surface area contributed by atoms with Gasteiger partial charge in [-0.3, -0.25) is 19.0 Å². The number of nitrogens with zero attached hydrogens (tertiary/aromatic N) is 2. The fourth-order valence-electron chi connectivity index (χ4n) is 2.74. The molecule has 1 heterocycles. The zero-order chi connectivity index (χ0) is 16.9. The number of benzene rings is 1. The number of hydrogen-bond donors (Lipinski definition) is 1. The van der Waals surface area contributed by atoms with Crippen molar-refractivity contribution in [2.75, 3.05) is 5.73 Å². The molecule has 0 radical (unpaired) electrons. The number of anilines is 1. The van der Waals surface area contributed by atoms with E-state index < -0.39 is 11.6 Å². The third-order valence-corrected chi connectivity index (χ3v) is 3.75. The van der Waals surface area contributed by atoms with Gasteiger partial charge >= 0.3 is 0 Å². The van der Waals surface area contributed by atoms with Gasteiger partial charge in [0, 0.05) is 12.1 Å². The molecule has 1 unspecified atom stereocenters. The maximum Gasteiger partial charge on any atom is 0.264 e. The Labute approximate surface area is 123 Å². The van der Waals surface area contributed by atoms with Gasteiger partial charge in [0.2, 0.25) is 0 Å². The largest absolute Gasteiger partial charge is 0.398 e. The van der Waals surface area contributed by atoms with Gasteiger partial charge in [0.05, 0.1) is 26.1 Å². The first-order valence-electron chi connectivity index (χ1n) is 7.64. The maximum absolute atomic E-state index is 12.8. The molecule has 1 aromatic carbocycles. The highest BCUT2D eigenvalue weighted by molar-refractivity contribution is 6.03. The van der Waals surface area contributed by atoms with Crippen molar-refractivity contribution in [2.45, 2.75) is 32.2 Å². The van der Waals surface area contributed by atoms with Gasteiger partial charge in [-0.15, -0.1) is 0 Å². The summed E-state index contributed by atoms with van der Waals surface area (Å²) in [5.41, 5.74) is 5.45. The molecule has 6 nitrogen and oxygen atoms in total. The minimum absolute atomic E-state index is 0.0429. The molecule has 1 atom stereocenters. The number of rotatable bonds is 1. The third-order valence-electron chi connectivity index (χ3n) is 3.75. The van der Waals surface area contributed by atoms with Crippen LogP contribution in [0.25, 0.3) is 10.9 Å². The molecule has 2 N–H and O–H groups in total. The molecule has 0 aliphatic heterocycles. The standard InChI is InChI=1S/C15H15N3O3/c1-8-17-11-4-2-3-10(16)14(11)15(21)18(8)12-6-5-9(19)7-13(12)20/h2-4,12H,5-7,16H2,1H3/i2D,4D. The van der Waals surface area contributed by atoms with E-state index in [4.69, 9.17) is 8.48 Å². The average Bonchev–Trinajstić information content (AvgIpc) is 2.46. The van der Waals surface area contributed by atoms with Crippen molar-refractivity contribution in [3.05, 3.63) is 34.3 Å². The van der Waals surface area contributed by atoms with Crippen molar-refractivity contribution >= 4 is 28.2 Å². The second-order valence-corrected chi connectivity index (χ2v) is 5.16. The first-order valence-corrected chi connectivity index (χ1v) is 6.64. The van der Waals surface area contributed by atoms with Gasteiger partial charge in [-0.05, 0) is 25.5 Å². The number of carbonyl (C=O) groups excluding carboxylic acids is 2. The van der Waals surface area contributed by atoms with Gasteiger partial charge in [-0.1, -0.05) is 6.04 Å². The summed E-state index contributed by atoms with van der Waals surface area (Å²) in [6, 6.07) is 0.214. The van der Waals surface area contributed by atoms with Gasteiger partial charge < -0.3 is 5.73 Å². The van der Waals surface area contributed by atoms with Gasteiger partial charge in [-0.2, -0.15) is 0 Å². The average molecular weight is 287 g/mol. The minimum atomic E-state index is -0.735. The van der Waals surface area contributed by atoms with Crippen LogP contribution in [-0.4, -0.2) is 21.1 Å². The van der Waals surface area contributed by atoms with Gasteiger partial charge in [0.25, 0.3) is 5.56 Å². The van der Waals surface area contributed by atoms with E-state index in [0.717, 1.165) is 0 Å². The number of ketones is 2. The minimum Gasteiger partial charge on any atom is -0.398 e. The first kappa shape index (κ1) is 11.2. The summed E-state index contributed by atoms with van der Waals surface area (Å²) in [5, 5.41) is 0.0429. The maximum atomic E-state index is 12.8. The lowest BCUT2D eigenvalue weighted by molar-refractivity contribution is -0.132. The number of nitrogen functional groups attached to an aromatic ring is 1. The second-order valence-electron chi connectivity index (χ2n) is 5.16. The summed E-state index contributed by atoms with van der Waals surface area (Å²) in [7, 11) is 0. The highest BCUT2D eigenvalue weighted by atomic mass is 16.2. The van der Waals surface area contributed by atoms with E-state index in [1.54, 1.807) is 6.92 Å². The van der Waals surface area contributed by atoms with Gasteiger partial charge in [0.1, 0.15) is 11.6 Å². The Morgan fingerprint density at radius 1 is 1.43 bits per heavy atom. The molecule has 0 amide bonds. The molecule has 1 aliphatic rings. The van der Waals surface area contributed by atoms with E-state index >= 15 is 0 Å². The van der Waals surface area contributed by atoms with E-state index in [2.05, 4.69) is 4.98 Å². The number of carbonyl (C=O) groups is 2. The zero-order valence-corrected chi connectivity index (χ0v) is 11.5. The SMILES string of the molecule is [2H]c1cc(N)c2c(=O)n(C3CCC(=O)CC3=O)c(C)nc2c1[2H]. The third kappa shape index (κ3) is 2.12. The molecular weight excluding hydrogens is 270 g/mol. The van der Waals surface area contributed by atoms with Crippen LogP contribution >= 0.6 is 0 Å². The first-order chi connectivity index (χ1) is 10.8. The number of nitrogens with two attached hydrogens (primary N) is 1. The lowest BCUT2D eigenvalue weighted by Crippen LogP contribution is -2.36. The van der Waals surface area contributed by atoms with Crippen LogP contribution in [0.3, 0.4) is 0 Å². The van der Waals surface area contributed by atoms with E-state index in [-0.39, 0.29) is 65.3 Å². The summed E-state index contributed by atoms with van der Waals surface area (Å²) in [4.78, 5) is 40.6. The van der Waals surface area contributed by atoms with E-state index in [1.165, 1.54) is 10.6 Å². The molecule has 3 rings (SSSR count). The Balaban J connectivity index is 2.30. The Kier molecular flexibility index (Phi) is 2.56. The highest BCUT2D eigenvalue weighted by Gasteiger charge is 2.30. The smallest absolute Gasteiger partial charge is 0.264 e. The summed E-state index contributed by atoms with van der Waals surface area (Å²) in [5.74, 6) is -0.166. The summed E-state index contributed by atoms with van der Waals surface area (Å²) in [6.45, 7) is 1.57. The second kappa shape index (κ2) is 4.80. The highest BCUT2D eigenvalue weighted by Crippen LogP contribution is 2.24. The number of aromatic nitrogens is 2. The fourth-order valence-corrected chi connectivity index (χ4v) is 2.74. The summed E-state index contributed by atoms with van der Waals surface area (Å²) in [6.07, 6.45) is 0.320. The lowest BCUT2D eigenvalue weighted by atomic mass is 9.92. The van der Waals surface area contributed by atoms with Gasteiger partial charge in [-0.25, -0.2) is 4.98 Å². The lowest BCUT2D eigenvalue weighted by Gasteiger charge is -2.24. The number of aryl methyl sites for hydroxylation is 1. The molecule has 0 saturated heterocycles. The monoisotopic (exact) mass is 287 g/mol.